The highest BCUT2D eigenvalue weighted by molar-refractivity contribution is 5.46. The topological polar surface area (TPSA) is 93.0 Å². The SMILES string of the molecule is Cc1nn(Cc2cc(=O)n3cccc(C)c3n2)c(=O)c(C#N)c1C. The van der Waals surface area contributed by atoms with Crippen LogP contribution in [0.4, 0.5) is 0 Å². The monoisotopic (exact) mass is 321 g/mol. The molecule has 7 nitrogen and oxygen atoms in total. The predicted molar refractivity (Wildman–Crippen MR) is 88.0 cm³/mol. The molecule has 0 aliphatic carbocycles. The Bertz CT molecular complexity index is 1120. The van der Waals surface area contributed by atoms with Crippen LogP contribution >= 0.6 is 0 Å². The average Bonchev–Trinajstić information content (AvgIpc) is 2.54. The van der Waals surface area contributed by atoms with Crippen LogP contribution in [0, 0.1) is 32.1 Å². The molecule has 3 heterocycles. The first-order valence-electron chi connectivity index (χ1n) is 7.38. The van der Waals surface area contributed by atoms with Gasteiger partial charge in [0.15, 0.2) is 0 Å². The lowest BCUT2D eigenvalue weighted by molar-refractivity contribution is 0.612. The summed E-state index contributed by atoms with van der Waals surface area (Å²) < 4.78 is 2.63. The lowest BCUT2D eigenvalue weighted by atomic mass is 10.1. The third kappa shape index (κ3) is 2.48. The minimum atomic E-state index is -0.479. The van der Waals surface area contributed by atoms with Gasteiger partial charge >= 0.3 is 0 Å². The van der Waals surface area contributed by atoms with Crippen molar-refractivity contribution in [3.05, 3.63) is 73.2 Å². The molecule has 0 saturated heterocycles. The van der Waals surface area contributed by atoms with Gasteiger partial charge in [-0.3, -0.25) is 14.0 Å². The van der Waals surface area contributed by atoms with Gasteiger partial charge in [0.25, 0.3) is 11.1 Å². The van der Waals surface area contributed by atoms with E-state index in [1.165, 1.54) is 15.1 Å². The fraction of sp³-hybridized carbons (Fsp3) is 0.235. The van der Waals surface area contributed by atoms with Gasteiger partial charge in [0, 0.05) is 12.3 Å². The third-order valence-corrected chi connectivity index (χ3v) is 4.00. The molecule has 0 N–H and O–H groups in total. The molecule has 0 aliphatic heterocycles. The molecular formula is C17H15N5O2. The zero-order chi connectivity index (χ0) is 17.4. The maximum Gasteiger partial charge on any atom is 0.285 e. The molecule has 0 bridgehead atoms. The van der Waals surface area contributed by atoms with Crippen LogP contribution in [0.15, 0.2) is 34.0 Å². The maximum atomic E-state index is 12.4. The molecule has 0 aliphatic rings. The Labute approximate surface area is 137 Å². The van der Waals surface area contributed by atoms with Crippen molar-refractivity contribution in [2.75, 3.05) is 0 Å². The largest absolute Gasteiger partial charge is 0.285 e. The number of hydrogen-bond donors (Lipinski definition) is 0. The van der Waals surface area contributed by atoms with Gasteiger partial charge in [-0.2, -0.15) is 10.4 Å². The molecule has 0 saturated carbocycles. The fourth-order valence-corrected chi connectivity index (χ4v) is 2.55. The molecule has 3 aromatic heterocycles. The summed E-state index contributed by atoms with van der Waals surface area (Å²) in [5.41, 5.74) is 2.35. The van der Waals surface area contributed by atoms with Crippen molar-refractivity contribution in [2.24, 2.45) is 0 Å². The van der Waals surface area contributed by atoms with Crippen molar-refractivity contribution >= 4 is 5.65 Å². The number of aromatic nitrogens is 4. The molecule has 0 amide bonds. The summed E-state index contributed by atoms with van der Waals surface area (Å²) in [6, 6.07) is 6.94. The van der Waals surface area contributed by atoms with Crippen molar-refractivity contribution in [2.45, 2.75) is 27.3 Å². The van der Waals surface area contributed by atoms with Crippen LogP contribution in [0.2, 0.25) is 0 Å². The highest BCUT2D eigenvalue weighted by Gasteiger charge is 2.13. The van der Waals surface area contributed by atoms with Crippen molar-refractivity contribution in [1.29, 1.82) is 5.26 Å². The Morgan fingerprint density at radius 3 is 2.71 bits per heavy atom. The molecule has 0 unspecified atom stereocenters. The third-order valence-electron chi connectivity index (χ3n) is 4.00. The van der Waals surface area contributed by atoms with Crippen molar-refractivity contribution < 1.29 is 0 Å². The van der Waals surface area contributed by atoms with Gasteiger partial charge in [-0.15, -0.1) is 0 Å². The van der Waals surface area contributed by atoms with Crippen molar-refractivity contribution in [3.8, 4) is 6.07 Å². The van der Waals surface area contributed by atoms with Crippen LogP contribution in [0.25, 0.3) is 5.65 Å². The molecule has 0 radical (unpaired) electrons. The van der Waals surface area contributed by atoms with E-state index in [4.69, 9.17) is 0 Å². The number of pyridine rings is 1. The second-order valence-electron chi connectivity index (χ2n) is 5.63. The van der Waals surface area contributed by atoms with E-state index in [-0.39, 0.29) is 17.7 Å². The number of nitrogens with zero attached hydrogens (tertiary/aromatic N) is 5. The van der Waals surface area contributed by atoms with Gasteiger partial charge in [-0.05, 0) is 38.0 Å². The van der Waals surface area contributed by atoms with Gasteiger partial charge < -0.3 is 0 Å². The molecule has 0 spiro atoms. The van der Waals surface area contributed by atoms with E-state index in [9.17, 15) is 14.9 Å². The number of hydrogen-bond acceptors (Lipinski definition) is 5. The first kappa shape index (κ1) is 15.6. The molecule has 120 valence electrons. The van der Waals surface area contributed by atoms with Crippen molar-refractivity contribution in [3.63, 3.8) is 0 Å². The van der Waals surface area contributed by atoms with Crippen LogP contribution in [-0.4, -0.2) is 19.2 Å². The van der Waals surface area contributed by atoms with E-state index in [0.29, 0.717) is 22.6 Å². The van der Waals surface area contributed by atoms with Gasteiger partial charge in [0.1, 0.15) is 17.3 Å². The summed E-state index contributed by atoms with van der Waals surface area (Å²) in [6.45, 7) is 5.32. The van der Waals surface area contributed by atoms with Crippen LogP contribution < -0.4 is 11.1 Å². The summed E-state index contributed by atoms with van der Waals surface area (Å²) in [7, 11) is 0. The molecule has 0 atom stereocenters. The number of nitriles is 1. The second kappa shape index (κ2) is 5.74. The summed E-state index contributed by atoms with van der Waals surface area (Å²) in [5, 5.41) is 13.4. The van der Waals surface area contributed by atoms with Crippen LogP contribution in [-0.2, 0) is 6.54 Å². The summed E-state index contributed by atoms with van der Waals surface area (Å²) in [6.07, 6.45) is 1.65. The normalized spacial score (nSPS) is 10.8. The summed E-state index contributed by atoms with van der Waals surface area (Å²) >= 11 is 0. The lowest BCUT2D eigenvalue weighted by Gasteiger charge is -2.10. The quantitative estimate of drug-likeness (QED) is 0.704. The zero-order valence-corrected chi connectivity index (χ0v) is 13.6. The Kier molecular flexibility index (Phi) is 3.73. The molecule has 0 aromatic carbocycles. The van der Waals surface area contributed by atoms with E-state index in [2.05, 4.69) is 10.1 Å². The van der Waals surface area contributed by atoms with Crippen LogP contribution in [0.1, 0.15) is 28.1 Å². The maximum absolute atomic E-state index is 12.4. The predicted octanol–water partition coefficient (Wildman–Crippen LogP) is 1.10. The number of aryl methyl sites for hydroxylation is 2. The minimum absolute atomic E-state index is 0.0364. The average molecular weight is 321 g/mol. The van der Waals surface area contributed by atoms with E-state index in [1.807, 2.05) is 19.1 Å². The van der Waals surface area contributed by atoms with Gasteiger partial charge in [0.2, 0.25) is 0 Å². The molecule has 3 aromatic rings. The molecule has 0 fully saturated rings. The molecule has 7 heteroatoms. The highest BCUT2D eigenvalue weighted by atomic mass is 16.1. The Morgan fingerprint density at radius 1 is 1.25 bits per heavy atom. The van der Waals surface area contributed by atoms with Crippen LogP contribution in [0.3, 0.4) is 0 Å². The van der Waals surface area contributed by atoms with Gasteiger partial charge in [0.05, 0.1) is 17.9 Å². The standard InChI is InChI=1S/C17H15N5O2/c1-10-5-4-6-21-15(23)7-13(19-16(10)21)9-22-17(24)14(8-18)11(2)12(3)20-22/h4-7H,9H2,1-3H3. The van der Waals surface area contributed by atoms with E-state index in [0.717, 1.165) is 5.56 Å². The second-order valence-corrected chi connectivity index (χ2v) is 5.63. The molecule has 24 heavy (non-hydrogen) atoms. The number of rotatable bonds is 2. The van der Waals surface area contributed by atoms with Crippen molar-refractivity contribution in [1.82, 2.24) is 19.2 Å². The van der Waals surface area contributed by atoms with E-state index >= 15 is 0 Å². The Morgan fingerprint density at radius 2 is 2.00 bits per heavy atom. The Balaban J connectivity index is 2.17. The van der Waals surface area contributed by atoms with Crippen LogP contribution in [0.5, 0.6) is 0 Å². The lowest BCUT2D eigenvalue weighted by Crippen LogP contribution is -2.29. The van der Waals surface area contributed by atoms with Gasteiger partial charge in [-0.25, -0.2) is 9.67 Å². The molecule has 3 rings (SSSR count). The smallest absolute Gasteiger partial charge is 0.269 e. The van der Waals surface area contributed by atoms with E-state index in [1.54, 1.807) is 26.1 Å². The Hall–Kier alpha value is -3.27. The first-order chi connectivity index (χ1) is 11.4. The first-order valence-corrected chi connectivity index (χ1v) is 7.38. The minimum Gasteiger partial charge on any atom is -0.269 e. The van der Waals surface area contributed by atoms with Gasteiger partial charge in [-0.1, -0.05) is 6.07 Å². The number of fused-ring (bicyclic) bond motifs is 1. The zero-order valence-electron chi connectivity index (χ0n) is 13.6. The highest BCUT2D eigenvalue weighted by Crippen LogP contribution is 2.08. The summed E-state index contributed by atoms with van der Waals surface area (Å²) in [4.78, 5) is 29.1. The summed E-state index contributed by atoms with van der Waals surface area (Å²) in [5.74, 6) is 0. The molecular weight excluding hydrogens is 306 g/mol. The fourth-order valence-electron chi connectivity index (χ4n) is 2.55. The van der Waals surface area contributed by atoms with E-state index < -0.39 is 5.56 Å².